The number of rotatable bonds is 5. The molecule has 0 amide bonds. The molecular formula is C25H30N6O. The zero-order chi connectivity index (χ0) is 22.1. The van der Waals surface area contributed by atoms with Crippen molar-refractivity contribution in [1.29, 1.82) is 0 Å². The number of likely N-dealkylation sites (tertiary alicyclic amines) is 1. The molecule has 3 aromatic rings. The predicted molar refractivity (Wildman–Crippen MR) is 130 cm³/mol. The van der Waals surface area contributed by atoms with E-state index in [-0.39, 0.29) is 12.3 Å². The lowest BCUT2D eigenvalue weighted by molar-refractivity contribution is 0.221. The Morgan fingerprint density at radius 3 is 2.62 bits per heavy atom. The van der Waals surface area contributed by atoms with E-state index in [4.69, 9.17) is 11.5 Å². The maximum atomic E-state index is 9.29. The van der Waals surface area contributed by atoms with Crippen LogP contribution in [0.25, 0.3) is 28.2 Å². The molecule has 1 saturated heterocycles. The van der Waals surface area contributed by atoms with E-state index in [1.807, 2.05) is 6.07 Å². The number of aliphatic hydroxyl groups is 1. The molecule has 0 aliphatic carbocycles. The highest BCUT2D eigenvalue weighted by Gasteiger charge is 2.18. The molecule has 7 N–H and O–H groups in total. The number of piperidine rings is 1. The van der Waals surface area contributed by atoms with Gasteiger partial charge in [0, 0.05) is 24.0 Å². The topological polar surface area (TPSA) is 116 Å². The first-order valence-corrected chi connectivity index (χ1v) is 11.3. The highest BCUT2D eigenvalue weighted by atomic mass is 16.3. The fourth-order valence-electron chi connectivity index (χ4n) is 4.60. The number of nitrogens with two attached hydrogens (primary N) is 2. The van der Waals surface area contributed by atoms with Crippen molar-refractivity contribution in [3.63, 3.8) is 0 Å². The third kappa shape index (κ3) is 3.97. The average molecular weight is 431 g/mol. The first-order valence-electron chi connectivity index (χ1n) is 11.3. The summed E-state index contributed by atoms with van der Waals surface area (Å²) in [6.45, 7) is 3.91. The van der Waals surface area contributed by atoms with Gasteiger partial charge in [0.1, 0.15) is 5.82 Å². The number of aromatic nitrogens is 2. The molecule has 0 unspecified atom stereocenters. The van der Waals surface area contributed by atoms with Gasteiger partial charge >= 0.3 is 0 Å². The number of hydrogen-bond donors (Lipinski definition) is 5. The second-order valence-electron chi connectivity index (χ2n) is 8.68. The minimum atomic E-state index is -0.295. The standard InChI is InChI=1S/C25H30N6O/c26-21(15-32)24(27)22-11-19-20-10-18(12-29-25(20)30-23(19)13-28-22)17-6-4-16(5-7-17)14-31-8-2-1-3-9-31/h4-7,10-11,13,29-30,32H,1-3,8-9,12,14-15,26-27H2/b24-21-. The van der Waals surface area contributed by atoms with Gasteiger partial charge in [-0.05, 0) is 54.8 Å². The average Bonchev–Trinajstić information content (AvgIpc) is 3.21. The third-order valence-electron chi connectivity index (χ3n) is 6.47. The van der Waals surface area contributed by atoms with Gasteiger partial charge in [0.25, 0.3) is 0 Å². The molecule has 166 valence electrons. The lowest BCUT2D eigenvalue weighted by Gasteiger charge is -2.26. The largest absolute Gasteiger partial charge is 0.398 e. The first-order chi connectivity index (χ1) is 15.6. The van der Waals surface area contributed by atoms with E-state index in [9.17, 15) is 5.11 Å². The molecule has 1 fully saturated rings. The molecule has 2 aliphatic heterocycles. The number of H-pyrrole nitrogens is 1. The molecular weight excluding hydrogens is 400 g/mol. The van der Waals surface area contributed by atoms with Gasteiger partial charge in [0.05, 0.1) is 35.4 Å². The van der Waals surface area contributed by atoms with Gasteiger partial charge in [0.2, 0.25) is 0 Å². The van der Waals surface area contributed by atoms with Crippen LogP contribution in [0.2, 0.25) is 0 Å². The summed E-state index contributed by atoms with van der Waals surface area (Å²) < 4.78 is 0. The van der Waals surface area contributed by atoms with E-state index in [2.05, 4.69) is 50.5 Å². The number of benzene rings is 1. The summed E-state index contributed by atoms with van der Waals surface area (Å²) in [5.74, 6) is 0.974. The summed E-state index contributed by atoms with van der Waals surface area (Å²) in [7, 11) is 0. The molecule has 0 saturated carbocycles. The van der Waals surface area contributed by atoms with Gasteiger partial charge < -0.3 is 26.9 Å². The molecule has 2 aromatic heterocycles. The summed E-state index contributed by atoms with van der Waals surface area (Å²) in [6.07, 6.45) is 7.97. The van der Waals surface area contributed by atoms with Crippen LogP contribution in [0, 0.1) is 0 Å². The quantitative estimate of drug-likeness (QED) is 0.425. The highest BCUT2D eigenvalue weighted by molar-refractivity contribution is 6.02. The molecule has 7 nitrogen and oxygen atoms in total. The van der Waals surface area contributed by atoms with E-state index < -0.39 is 0 Å². The fourth-order valence-corrected chi connectivity index (χ4v) is 4.60. The fraction of sp³-hybridized carbons (Fsp3) is 0.320. The molecule has 5 rings (SSSR count). The second kappa shape index (κ2) is 8.68. The molecule has 32 heavy (non-hydrogen) atoms. The number of hydrogen-bond acceptors (Lipinski definition) is 6. The van der Waals surface area contributed by atoms with E-state index in [0.717, 1.165) is 35.4 Å². The van der Waals surface area contributed by atoms with Crippen molar-refractivity contribution in [2.75, 3.05) is 31.6 Å². The smallest absolute Gasteiger partial charge is 0.112 e. The Morgan fingerprint density at radius 2 is 1.88 bits per heavy atom. The van der Waals surface area contributed by atoms with Crippen LogP contribution in [-0.4, -0.2) is 46.2 Å². The first kappa shape index (κ1) is 20.6. The third-order valence-corrected chi connectivity index (χ3v) is 6.47. The summed E-state index contributed by atoms with van der Waals surface area (Å²) in [5, 5.41) is 13.8. The van der Waals surface area contributed by atoms with E-state index >= 15 is 0 Å². The SMILES string of the molecule is N/C(CO)=C(\N)c1cc2c3c([nH]c2cn1)NCC(c1ccc(CN2CCCCC2)cc1)=C3. The lowest BCUT2D eigenvalue weighted by atomic mass is 9.98. The normalized spacial score (nSPS) is 17.5. The number of nitrogens with zero attached hydrogens (tertiary/aromatic N) is 2. The molecule has 4 heterocycles. The summed E-state index contributed by atoms with van der Waals surface area (Å²) in [4.78, 5) is 10.3. The van der Waals surface area contributed by atoms with E-state index in [1.165, 1.54) is 49.1 Å². The maximum absolute atomic E-state index is 9.29. The van der Waals surface area contributed by atoms with Gasteiger partial charge in [-0.2, -0.15) is 0 Å². The van der Waals surface area contributed by atoms with Gasteiger partial charge in [-0.25, -0.2) is 0 Å². The number of nitrogens with one attached hydrogen (secondary N) is 2. The van der Waals surface area contributed by atoms with Crippen molar-refractivity contribution in [3.8, 4) is 0 Å². The van der Waals surface area contributed by atoms with Crippen molar-refractivity contribution in [1.82, 2.24) is 14.9 Å². The number of pyridine rings is 1. The van der Waals surface area contributed by atoms with Gasteiger partial charge in [-0.15, -0.1) is 0 Å². The minimum absolute atomic E-state index is 0.222. The van der Waals surface area contributed by atoms with E-state index in [1.54, 1.807) is 6.20 Å². The molecule has 0 spiro atoms. The Balaban J connectivity index is 1.43. The van der Waals surface area contributed by atoms with Crippen LogP contribution in [0.1, 0.15) is 41.6 Å². The number of anilines is 1. The van der Waals surface area contributed by atoms with Crippen molar-refractivity contribution < 1.29 is 5.11 Å². The monoisotopic (exact) mass is 430 g/mol. The Labute approximate surface area is 187 Å². The Kier molecular flexibility index (Phi) is 5.59. The zero-order valence-corrected chi connectivity index (χ0v) is 18.2. The molecule has 7 heteroatoms. The van der Waals surface area contributed by atoms with Crippen LogP contribution in [0.15, 0.2) is 42.2 Å². The molecule has 2 aliphatic rings. The maximum Gasteiger partial charge on any atom is 0.112 e. The van der Waals surface area contributed by atoms with Crippen LogP contribution in [0.4, 0.5) is 5.82 Å². The highest BCUT2D eigenvalue weighted by Crippen LogP contribution is 2.34. The zero-order valence-electron chi connectivity index (χ0n) is 18.2. The summed E-state index contributed by atoms with van der Waals surface area (Å²) in [6, 6.07) is 10.9. The van der Waals surface area contributed by atoms with Crippen molar-refractivity contribution in [2.24, 2.45) is 11.5 Å². The molecule has 0 bridgehead atoms. The molecule has 1 aromatic carbocycles. The number of fused-ring (bicyclic) bond motifs is 3. The van der Waals surface area contributed by atoms with Crippen molar-refractivity contribution in [3.05, 3.63) is 64.6 Å². The van der Waals surface area contributed by atoms with Gasteiger partial charge in [0.15, 0.2) is 0 Å². The predicted octanol–water partition coefficient (Wildman–Crippen LogP) is 3.09. The Morgan fingerprint density at radius 1 is 1.09 bits per heavy atom. The molecule has 0 radical (unpaired) electrons. The lowest BCUT2D eigenvalue weighted by Crippen LogP contribution is -2.29. The van der Waals surface area contributed by atoms with Crippen LogP contribution >= 0.6 is 0 Å². The molecule has 0 atom stereocenters. The van der Waals surface area contributed by atoms with Gasteiger partial charge in [-0.1, -0.05) is 30.7 Å². The van der Waals surface area contributed by atoms with Crippen LogP contribution < -0.4 is 16.8 Å². The van der Waals surface area contributed by atoms with Gasteiger partial charge in [-0.3, -0.25) is 9.88 Å². The van der Waals surface area contributed by atoms with E-state index in [0.29, 0.717) is 11.4 Å². The second-order valence-corrected chi connectivity index (χ2v) is 8.68. The summed E-state index contributed by atoms with van der Waals surface area (Å²) in [5.41, 5.74) is 18.8. The number of aromatic amines is 1. The van der Waals surface area contributed by atoms with Crippen LogP contribution in [0.5, 0.6) is 0 Å². The van der Waals surface area contributed by atoms with Crippen molar-refractivity contribution >= 4 is 34.1 Å². The van der Waals surface area contributed by atoms with Crippen LogP contribution in [0.3, 0.4) is 0 Å². The minimum Gasteiger partial charge on any atom is -0.398 e. The Bertz CT molecular complexity index is 1190. The number of aliphatic hydroxyl groups excluding tert-OH is 1. The van der Waals surface area contributed by atoms with Crippen LogP contribution in [-0.2, 0) is 6.54 Å². The Hall–Kier alpha value is -3.29. The van der Waals surface area contributed by atoms with Crippen molar-refractivity contribution in [2.45, 2.75) is 25.8 Å². The summed E-state index contributed by atoms with van der Waals surface area (Å²) >= 11 is 0.